The summed E-state index contributed by atoms with van der Waals surface area (Å²) in [7, 11) is 1.00. The average Bonchev–Trinajstić information content (AvgIpc) is 2.11. The van der Waals surface area contributed by atoms with E-state index >= 15 is 0 Å². The molecule has 3 nitrogen and oxygen atoms in total. The predicted molar refractivity (Wildman–Crippen MR) is 52.4 cm³/mol. The van der Waals surface area contributed by atoms with Gasteiger partial charge in [0, 0.05) is 20.2 Å². The quantitative estimate of drug-likeness (QED) is 0.580. The third kappa shape index (κ3) is 7.98. The Bertz CT molecular complexity index is 70.9. The van der Waals surface area contributed by atoms with Gasteiger partial charge in [0.05, 0.1) is 12.2 Å². The van der Waals surface area contributed by atoms with Crippen molar-refractivity contribution in [2.24, 2.45) is 0 Å². The topological polar surface area (TPSA) is 41.5 Å². The number of rotatable bonds is 0. The first-order chi connectivity index (χ1) is 5.79. The lowest BCUT2D eigenvalue weighted by molar-refractivity contribution is -0.0166. The van der Waals surface area contributed by atoms with E-state index in [2.05, 4.69) is 19.2 Å². The number of ether oxygens (including phenoxy) is 1. The van der Waals surface area contributed by atoms with Crippen LogP contribution in [0.25, 0.3) is 0 Å². The Labute approximate surface area is 76.1 Å². The molecule has 2 N–H and O–H groups in total. The third-order valence-electron chi connectivity index (χ3n) is 1.33. The predicted octanol–water partition coefficient (Wildman–Crippen LogP) is 1.02. The van der Waals surface area contributed by atoms with Crippen LogP contribution >= 0.6 is 0 Å². The van der Waals surface area contributed by atoms with Gasteiger partial charge in [0.2, 0.25) is 0 Å². The zero-order valence-electron chi connectivity index (χ0n) is 8.92. The van der Waals surface area contributed by atoms with Crippen LogP contribution in [0.2, 0.25) is 0 Å². The van der Waals surface area contributed by atoms with Gasteiger partial charge in [-0.05, 0) is 13.8 Å². The van der Waals surface area contributed by atoms with E-state index < -0.39 is 0 Å². The first-order valence-corrected chi connectivity index (χ1v) is 4.60. The molecule has 0 bridgehead atoms. The molecule has 0 radical (unpaired) electrons. The minimum absolute atomic E-state index is 0.402. The summed E-state index contributed by atoms with van der Waals surface area (Å²) >= 11 is 0. The minimum Gasteiger partial charge on any atom is -0.400 e. The molecule has 0 saturated carbocycles. The zero-order valence-corrected chi connectivity index (χ0v) is 8.92. The smallest absolute Gasteiger partial charge is 0.0675 e. The normalized spacial score (nSPS) is 27.5. The van der Waals surface area contributed by atoms with Crippen molar-refractivity contribution in [2.75, 3.05) is 20.2 Å². The Balaban J connectivity index is 0. The zero-order chi connectivity index (χ0) is 9.98. The molecule has 3 heteroatoms. The summed E-state index contributed by atoms with van der Waals surface area (Å²) in [5.41, 5.74) is 0. The second kappa shape index (κ2) is 10.9. The van der Waals surface area contributed by atoms with Crippen LogP contribution in [0.15, 0.2) is 0 Å². The van der Waals surface area contributed by atoms with Gasteiger partial charge in [0.1, 0.15) is 0 Å². The van der Waals surface area contributed by atoms with Gasteiger partial charge >= 0.3 is 0 Å². The molecule has 2 unspecified atom stereocenters. The van der Waals surface area contributed by atoms with Gasteiger partial charge in [-0.2, -0.15) is 0 Å². The van der Waals surface area contributed by atoms with E-state index in [0.29, 0.717) is 12.2 Å². The van der Waals surface area contributed by atoms with Crippen LogP contribution in [0.3, 0.4) is 0 Å². The Morgan fingerprint density at radius 2 is 1.42 bits per heavy atom. The Morgan fingerprint density at radius 1 is 1.08 bits per heavy atom. The number of morpholine rings is 1. The van der Waals surface area contributed by atoms with Crippen LogP contribution in [0.4, 0.5) is 0 Å². The summed E-state index contributed by atoms with van der Waals surface area (Å²) in [5.74, 6) is 0. The summed E-state index contributed by atoms with van der Waals surface area (Å²) in [6.45, 7) is 10.2. The molecule has 0 aromatic rings. The van der Waals surface area contributed by atoms with Crippen LogP contribution in [0.1, 0.15) is 27.7 Å². The van der Waals surface area contributed by atoms with Crippen LogP contribution in [-0.4, -0.2) is 37.5 Å². The molecular formula is C9H23NO2. The highest BCUT2D eigenvalue weighted by Gasteiger charge is 2.12. The summed E-state index contributed by atoms with van der Waals surface area (Å²) < 4.78 is 5.42. The van der Waals surface area contributed by atoms with Crippen molar-refractivity contribution < 1.29 is 9.84 Å². The number of nitrogens with one attached hydrogen (secondary N) is 1. The molecule has 0 aromatic carbocycles. The van der Waals surface area contributed by atoms with Gasteiger partial charge in [0.25, 0.3) is 0 Å². The fraction of sp³-hybridized carbons (Fsp3) is 1.00. The van der Waals surface area contributed by atoms with Crippen LogP contribution in [0.5, 0.6) is 0 Å². The van der Waals surface area contributed by atoms with Gasteiger partial charge in [-0.15, -0.1) is 0 Å². The second-order valence-corrected chi connectivity index (χ2v) is 2.42. The van der Waals surface area contributed by atoms with Crippen LogP contribution in [-0.2, 0) is 4.74 Å². The molecular weight excluding hydrogens is 154 g/mol. The van der Waals surface area contributed by atoms with Crippen LogP contribution in [0, 0.1) is 0 Å². The molecule has 12 heavy (non-hydrogen) atoms. The maximum atomic E-state index is 7.00. The monoisotopic (exact) mass is 177 g/mol. The standard InChI is InChI=1S/C6H13NO.C2H6.CH4O/c1-5-3-7-4-6(2)8-5;2*1-2/h5-7H,3-4H2,1-2H3;1-2H3;2H,1H3. The van der Waals surface area contributed by atoms with Crippen molar-refractivity contribution in [3.05, 3.63) is 0 Å². The number of aliphatic hydroxyl groups excluding tert-OH is 1. The first-order valence-electron chi connectivity index (χ1n) is 4.60. The van der Waals surface area contributed by atoms with E-state index in [-0.39, 0.29) is 0 Å². The van der Waals surface area contributed by atoms with Gasteiger partial charge in [-0.25, -0.2) is 0 Å². The number of hydrogen-bond acceptors (Lipinski definition) is 3. The highest BCUT2D eigenvalue weighted by Crippen LogP contribution is 2.00. The lowest BCUT2D eigenvalue weighted by atomic mass is 10.3. The van der Waals surface area contributed by atoms with E-state index in [4.69, 9.17) is 9.84 Å². The number of hydrogen-bond donors (Lipinski definition) is 2. The molecule has 0 aromatic heterocycles. The van der Waals surface area contributed by atoms with Crippen molar-refractivity contribution in [1.29, 1.82) is 0 Å². The highest BCUT2D eigenvalue weighted by molar-refractivity contribution is 4.66. The molecule has 2 atom stereocenters. The molecule has 1 heterocycles. The van der Waals surface area contributed by atoms with E-state index in [9.17, 15) is 0 Å². The molecule has 1 rings (SSSR count). The van der Waals surface area contributed by atoms with E-state index in [1.807, 2.05) is 13.8 Å². The van der Waals surface area contributed by atoms with Crippen molar-refractivity contribution in [1.82, 2.24) is 5.32 Å². The molecule has 0 amide bonds. The van der Waals surface area contributed by atoms with Crippen LogP contribution < -0.4 is 5.32 Å². The molecule has 1 aliphatic rings. The lowest BCUT2D eigenvalue weighted by Crippen LogP contribution is -2.41. The van der Waals surface area contributed by atoms with E-state index in [0.717, 1.165) is 20.2 Å². The summed E-state index contributed by atoms with van der Waals surface area (Å²) in [6.07, 6.45) is 0.803. The molecule has 1 fully saturated rings. The maximum Gasteiger partial charge on any atom is 0.0675 e. The fourth-order valence-electron chi connectivity index (χ4n) is 0.983. The fourth-order valence-corrected chi connectivity index (χ4v) is 0.983. The summed E-state index contributed by atoms with van der Waals surface area (Å²) in [6, 6.07) is 0. The Morgan fingerprint density at radius 3 is 1.58 bits per heavy atom. The largest absolute Gasteiger partial charge is 0.400 e. The van der Waals surface area contributed by atoms with Gasteiger partial charge in [-0.1, -0.05) is 13.8 Å². The SMILES string of the molecule is CC.CC1CNCC(C)O1.CO. The van der Waals surface area contributed by atoms with Crippen molar-refractivity contribution in [3.8, 4) is 0 Å². The molecule has 76 valence electrons. The second-order valence-electron chi connectivity index (χ2n) is 2.42. The van der Waals surface area contributed by atoms with Crippen molar-refractivity contribution in [2.45, 2.75) is 39.9 Å². The first kappa shape index (κ1) is 14.4. The highest BCUT2D eigenvalue weighted by atomic mass is 16.5. The maximum absolute atomic E-state index is 7.00. The van der Waals surface area contributed by atoms with Gasteiger partial charge in [-0.3, -0.25) is 0 Å². The number of aliphatic hydroxyl groups is 1. The summed E-state index contributed by atoms with van der Waals surface area (Å²) in [4.78, 5) is 0. The third-order valence-corrected chi connectivity index (χ3v) is 1.33. The Hall–Kier alpha value is -0.120. The lowest BCUT2D eigenvalue weighted by Gasteiger charge is -2.25. The average molecular weight is 177 g/mol. The van der Waals surface area contributed by atoms with Gasteiger partial charge in [0.15, 0.2) is 0 Å². The molecule has 0 spiro atoms. The van der Waals surface area contributed by atoms with Gasteiger partial charge < -0.3 is 15.2 Å². The van der Waals surface area contributed by atoms with E-state index in [1.54, 1.807) is 0 Å². The van der Waals surface area contributed by atoms with Crippen molar-refractivity contribution >= 4 is 0 Å². The summed E-state index contributed by atoms with van der Waals surface area (Å²) in [5, 5.41) is 10.3. The van der Waals surface area contributed by atoms with E-state index in [1.165, 1.54) is 0 Å². The van der Waals surface area contributed by atoms with Crippen molar-refractivity contribution in [3.63, 3.8) is 0 Å². The molecule has 1 aliphatic heterocycles. The molecule has 0 aliphatic carbocycles. The minimum atomic E-state index is 0.402. The molecule has 1 saturated heterocycles. The Kier molecular flexibility index (Phi) is 13.1.